The van der Waals surface area contributed by atoms with Crippen molar-refractivity contribution in [3.63, 3.8) is 0 Å². The summed E-state index contributed by atoms with van der Waals surface area (Å²) in [5, 5.41) is 2.88. The average Bonchev–Trinajstić information content (AvgIpc) is 2.42. The van der Waals surface area contributed by atoms with Gasteiger partial charge in [-0.25, -0.2) is 8.42 Å². The Labute approximate surface area is 130 Å². The number of para-hydroxylation sites is 1. The van der Waals surface area contributed by atoms with E-state index in [2.05, 4.69) is 10.0 Å². The van der Waals surface area contributed by atoms with Crippen molar-refractivity contribution in [2.24, 2.45) is 0 Å². The molecule has 6 heteroatoms. The van der Waals surface area contributed by atoms with Gasteiger partial charge in [0.1, 0.15) is 0 Å². The number of aryl methyl sites for hydroxylation is 2. The fourth-order valence-corrected chi connectivity index (χ4v) is 2.67. The van der Waals surface area contributed by atoms with Crippen molar-refractivity contribution < 1.29 is 13.2 Å². The fraction of sp³-hybridized carbons (Fsp3) is 0.188. The number of benzene rings is 2. The molecule has 0 saturated heterocycles. The second kappa shape index (κ2) is 6.19. The lowest BCUT2D eigenvalue weighted by Crippen LogP contribution is -2.14. The number of amides is 1. The van der Waals surface area contributed by atoms with Crippen LogP contribution in [0.4, 0.5) is 11.4 Å². The zero-order valence-corrected chi connectivity index (χ0v) is 13.5. The predicted molar refractivity (Wildman–Crippen MR) is 88.8 cm³/mol. The van der Waals surface area contributed by atoms with E-state index in [9.17, 15) is 13.2 Å². The summed E-state index contributed by atoms with van der Waals surface area (Å²) in [7, 11) is -3.32. The third kappa shape index (κ3) is 4.08. The van der Waals surface area contributed by atoms with E-state index in [1.807, 2.05) is 32.0 Å². The molecule has 0 heterocycles. The number of carbonyl (C=O) groups is 1. The summed E-state index contributed by atoms with van der Waals surface area (Å²) in [6.07, 6.45) is 1.08. The van der Waals surface area contributed by atoms with Gasteiger partial charge in [0.05, 0.1) is 6.26 Å². The van der Waals surface area contributed by atoms with Crippen LogP contribution in [0.5, 0.6) is 0 Å². The third-order valence-electron chi connectivity index (χ3n) is 3.17. The zero-order valence-electron chi connectivity index (χ0n) is 12.7. The minimum Gasteiger partial charge on any atom is -0.322 e. The molecule has 0 aliphatic carbocycles. The van der Waals surface area contributed by atoms with Crippen molar-refractivity contribution in [2.45, 2.75) is 13.8 Å². The number of nitrogens with one attached hydrogen (secondary N) is 2. The molecule has 2 N–H and O–H groups in total. The second-order valence-corrected chi connectivity index (χ2v) is 6.92. The van der Waals surface area contributed by atoms with Crippen molar-refractivity contribution in [1.82, 2.24) is 0 Å². The SMILES string of the molecule is Cc1cccc(C)c1NC(=O)c1ccc(NS(C)(=O)=O)cc1. The first kappa shape index (κ1) is 16.0. The van der Waals surface area contributed by atoms with E-state index in [-0.39, 0.29) is 5.91 Å². The van der Waals surface area contributed by atoms with Gasteiger partial charge in [-0.2, -0.15) is 0 Å². The van der Waals surface area contributed by atoms with Gasteiger partial charge in [0.25, 0.3) is 5.91 Å². The molecule has 1 amide bonds. The van der Waals surface area contributed by atoms with Crippen LogP contribution in [0.2, 0.25) is 0 Å². The molecular formula is C16H18N2O3S. The van der Waals surface area contributed by atoms with E-state index in [0.29, 0.717) is 11.3 Å². The van der Waals surface area contributed by atoms with Gasteiger partial charge in [0.15, 0.2) is 0 Å². The molecule has 22 heavy (non-hydrogen) atoms. The molecule has 2 aromatic carbocycles. The lowest BCUT2D eigenvalue weighted by atomic mass is 10.1. The van der Waals surface area contributed by atoms with Crippen LogP contribution in [-0.2, 0) is 10.0 Å². The lowest BCUT2D eigenvalue weighted by Gasteiger charge is -2.12. The Bertz CT molecular complexity index is 776. The van der Waals surface area contributed by atoms with Gasteiger partial charge < -0.3 is 5.32 Å². The summed E-state index contributed by atoms with van der Waals surface area (Å²) in [5.74, 6) is -0.233. The smallest absolute Gasteiger partial charge is 0.255 e. The normalized spacial score (nSPS) is 11.0. The summed E-state index contributed by atoms with van der Waals surface area (Å²) in [6, 6.07) is 12.1. The Morgan fingerprint density at radius 2 is 1.50 bits per heavy atom. The Kier molecular flexibility index (Phi) is 4.51. The van der Waals surface area contributed by atoms with Gasteiger partial charge in [0.2, 0.25) is 10.0 Å². The minimum atomic E-state index is -3.32. The maximum atomic E-state index is 12.3. The summed E-state index contributed by atoms with van der Waals surface area (Å²) in [6.45, 7) is 3.86. The molecule has 0 fully saturated rings. The predicted octanol–water partition coefficient (Wildman–Crippen LogP) is 2.93. The van der Waals surface area contributed by atoms with Crippen LogP contribution in [0.3, 0.4) is 0 Å². The van der Waals surface area contributed by atoms with Crippen molar-refractivity contribution >= 4 is 27.3 Å². The van der Waals surface area contributed by atoms with E-state index < -0.39 is 10.0 Å². The second-order valence-electron chi connectivity index (χ2n) is 5.17. The Balaban J connectivity index is 2.17. The van der Waals surface area contributed by atoms with Crippen molar-refractivity contribution in [3.05, 3.63) is 59.2 Å². The summed E-state index contributed by atoms with van der Waals surface area (Å²) in [5.41, 5.74) is 3.66. The Morgan fingerprint density at radius 1 is 0.955 bits per heavy atom. The van der Waals surface area contributed by atoms with Crippen LogP contribution >= 0.6 is 0 Å². The van der Waals surface area contributed by atoms with Gasteiger partial charge in [-0.15, -0.1) is 0 Å². The first-order chi connectivity index (χ1) is 10.3. The van der Waals surface area contributed by atoms with Crippen LogP contribution in [0.25, 0.3) is 0 Å². The molecule has 2 aromatic rings. The Morgan fingerprint density at radius 3 is 2.00 bits per heavy atom. The van der Waals surface area contributed by atoms with Crippen molar-refractivity contribution in [1.29, 1.82) is 0 Å². The highest BCUT2D eigenvalue weighted by Gasteiger charge is 2.10. The van der Waals surface area contributed by atoms with Crippen LogP contribution < -0.4 is 10.0 Å². The number of sulfonamides is 1. The fourth-order valence-electron chi connectivity index (χ4n) is 2.10. The summed E-state index contributed by atoms with van der Waals surface area (Å²) < 4.78 is 24.6. The maximum absolute atomic E-state index is 12.3. The summed E-state index contributed by atoms with van der Waals surface area (Å²) >= 11 is 0. The Hall–Kier alpha value is -2.34. The van der Waals surface area contributed by atoms with E-state index in [0.717, 1.165) is 23.1 Å². The van der Waals surface area contributed by atoms with E-state index in [4.69, 9.17) is 0 Å². The average molecular weight is 318 g/mol. The topological polar surface area (TPSA) is 75.3 Å². The highest BCUT2D eigenvalue weighted by Crippen LogP contribution is 2.20. The van der Waals surface area contributed by atoms with Crippen LogP contribution in [-0.4, -0.2) is 20.6 Å². The molecule has 0 aliphatic heterocycles. The van der Waals surface area contributed by atoms with Gasteiger partial charge in [0, 0.05) is 16.9 Å². The van der Waals surface area contributed by atoms with E-state index in [1.54, 1.807) is 24.3 Å². The highest BCUT2D eigenvalue weighted by molar-refractivity contribution is 7.92. The highest BCUT2D eigenvalue weighted by atomic mass is 32.2. The van der Waals surface area contributed by atoms with Crippen molar-refractivity contribution in [3.8, 4) is 0 Å². The molecule has 0 atom stereocenters. The minimum absolute atomic E-state index is 0.233. The molecule has 0 unspecified atom stereocenters. The quantitative estimate of drug-likeness (QED) is 0.910. The lowest BCUT2D eigenvalue weighted by molar-refractivity contribution is 0.102. The number of hydrogen-bond donors (Lipinski definition) is 2. The van der Waals surface area contributed by atoms with Gasteiger partial charge >= 0.3 is 0 Å². The third-order valence-corrected chi connectivity index (χ3v) is 3.78. The van der Waals surface area contributed by atoms with E-state index >= 15 is 0 Å². The van der Waals surface area contributed by atoms with Crippen LogP contribution in [0.15, 0.2) is 42.5 Å². The zero-order chi connectivity index (χ0) is 16.3. The number of rotatable bonds is 4. The number of hydrogen-bond acceptors (Lipinski definition) is 3. The molecule has 2 rings (SSSR count). The molecule has 0 bridgehead atoms. The molecule has 116 valence electrons. The molecule has 0 saturated carbocycles. The van der Waals surface area contributed by atoms with Gasteiger partial charge in [-0.3, -0.25) is 9.52 Å². The van der Waals surface area contributed by atoms with Gasteiger partial charge in [-0.1, -0.05) is 18.2 Å². The number of anilines is 2. The molecule has 0 radical (unpaired) electrons. The maximum Gasteiger partial charge on any atom is 0.255 e. The monoisotopic (exact) mass is 318 g/mol. The van der Waals surface area contributed by atoms with Crippen LogP contribution in [0, 0.1) is 13.8 Å². The molecule has 5 nitrogen and oxygen atoms in total. The largest absolute Gasteiger partial charge is 0.322 e. The number of carbonyl (C=O) groups excluding carboxylic acids is 1. The van der Waals surface area contributed by atoms with Crippen LogP contribution in [0.1, 0.15) is 21.5 Å². The first-order valence-corrected chi connectivity index (χ1v) is 8.61. The molecular weight excluding hydrogens is 300 g/mol. The summed E-state index contributed by atoms with van der Waals surface area (Å²) in [4.78, 5) is 12.3. The molecule has 0 aliphatic rings. The first-order valence-electron chi connectivity index (χ1n) is 6.72. The van der Waals surface area contributed by atoms with E-state index in [1.165, 1.54) is 0 Å². The molecule has 0 aromatic heterocycles. The molecule has 0 spiro atoms. The van der Waals surface area contributed by atoms with Gasteiger partial charge in [-0.05, 0) is 49.2 Å². The van der Waals surface area contributed by atoms with Crippen molar-refractivity contribution in [2.75, 3.05) is 16.3 Å². The standard InChI is InChI=1S/C16H18N2O3S/c1-11-5-4-6-12(2)15(11)17-16(19)13-7-9-14(10-8-13)18-22(3,20)21/h4-10,18H,1-3H3,(H,17,19).